The van der Waals surface area contributed by atoms with Crippen molar-refractivity contribution in [3.8, 4) is 23.4 Å². The first-order chi connectivity index (χ1) is 11.9. The van der Waals surface area contributed by atoms with Gasteiger partial charge in [-0.2, -0.15) is 13.2 Å². The van der Waals surface area contributed by atoms with E-state index in [4.69, 9.17) is 9.47 Å². The number of para-hydroxylation sites is 1. The zero-order valence-corrected chi connectivity index (χ0v) is 13.0. The van der Waals surface area contributed by atoms with Gasteiger partial charge in [0.15, 0.2) is 5.75 Å². The molecule has 0 fully saturated rings. The van der Waals surface area contributed by atoms with Gasteiger partial charge in [-0.05, 0) is 31.2 Å². The van der Waals surface area contributed by atoms with Crippen molar-refractivity contribution in [2.24, 2.45) is 0 Å². The van der Waals surface area contributed by atoms with E-state index in [1.165, 1.54) is 0 Å². The highest BCUT2D eigenvalue weighted by Gasteiger charge is 2.31. The van der Waals surface area contributed by atoms with E-state index < -0.39 is 11.7 Å². The molecule has 2 aromatic heterocycles. The summed E-state index contributed by atoms with van der Waals surface area (Å²) in [6.07, 6.45) is -3.21. The largest absolute Gasteiger partial charge is 0.452 e. The van der Waals surface area contributed by atoms with E-state index in [2.05, 4.69) is 15.0 Å². The van der Waals surface area contributed by atoms with E-state index in [9.17, 15) is 13.2 Å². The Labute approximate surface area is 141 Å². The van der Waals surface area contributed by atoms with Crippen LogP contribution in [-0.4, -0.2) is 15.0 Å². The Morgan fingerprint density at radius 2 is 1.56 bits per heavy atom. The van der Waals surface area contributed by atoms with Crippen molar-refractivity contribution in [2.75, 3.05) is 0 Å². The highest BCUT2D eigenvalue weighted by molar-refractivity contribution is 5.40. The van der Waals surface area contributed by atoms with Crippen LogP contribution < -0.4 is 9.47 Å². The number of benzene rings is 1. The van der Waals surface area contributed by atoms with Crippen molar-refractivity contribution in [2.45, 2.75) is 13.1 Å². The van der Waals surface area contributed by atoms with Gasteiger partial charge in [-0.3, -0.25) is 0 Å². The molecule has 5 nitrogen and oxygen atoms in total. The predicted octanol–water partition coefficient (Wildman–Crippen LogP) is 4.78. The fourth-order valence-corrected chi connectivity index (χ4v) is 1.89. The van der Waals surface area contributed by atoms with Gasteiger partial charge in [0.05, 0.1) is 5.56 Å². The van der Waals surface area contributed by atoms with Crippen LogP contribution in [0, 0.1) is 6.92 Å². The third kappa shape index (κ3) is 4.23. The molecule has 0 atom stereocenters. The molecule has 0 spiro atoms. The molecule has 1 aromatic carbocycles. The van der Waals surface area contributed by atoms with Gasteiger partial charge in [0.2, 0.25) is 0 Å². The molecule has 0 aliphatic carbocycles. The lowest BCUT2D eigenvalue weighted by Gasteiger charge is -2.11. The molecule has 0 radical (unpaired) electrons. The average Bonchev–Trinajstić information content (AvgIpc) is 2.58. The molecule has 2 heterocycles. The van der Waals surface area contributed by atoms with Crippen molar-refractivity contribution in [3.63, 3.8) is 0 Å². The smallest absolute Gasteiger partial charge is 0.419 e. The third-order valence-corrected chi connectivity index (χ3v) is 3.08. The summed E-state index contributed by atoms with van der Waals surface area (Å²) in [6, 6.07) is 12.0. The van der Waals surface area contributed by atoms with Gasteiger partial charge in [0.25, 0.3) is 5.88 Å². The zero-order valence-electron chi connectivity index (χ0n) is 13.0. The van der Waals surface area contributed by atoms with Crippen LogP contribution in [0.2, 0.25) is 0 Å². The van der Waals surface area contributed by atoms with Crippen LogP contribution in [0.3, 0.4) is 0 Å². The van der Waals surface area contributed by atoms with E-state index >= 15 is 0 Å². The molecule has 0 N–H and O–H groups in total. The van der Waals surface area contributed by atoms with Gasteiger partial charge >= 0.3 is 12.2 Å². The number of aryl methyl sites for hydroxylation is 1. The fourth-order valence-electron chi connectivity index (χ4n) is 1.89. The Morgan fingerprint density at radius 3 is 2.20 bits per heavy atom. The summed E-state index contributed by atoms with van der Waals surface area (Å²) in [7, 11) is 0. The summed E-state index contributed by atoms with van der Waals surface area (Å²) >= 11 is 0. The van der Waals surface area contributed by atoms with Gasteiger partial charge in [-0.15, -0.1) is 0 Å². The molecule has 0 bridgehead atoms. The Balaban J connectivity index is 1.85. The number of nitrogens with zero attached hydrogens (tertiary/aromatic N) is 3. The van der Waals surface area contributed by atoms with Crippen LogP contribution in [0.15, 0.2) is 54.9 Å². The average molecular weight is 347 g/mol. The number of alkyl halides is 3. The molecule has 0 unspecified atom stereocenters. The van der Waals surface area contributed by atoms with Gasteiger partial charge in [-0.25, -0.2) is 15.0 Å². The highest BCUT2D eigenvalue weighted by Crippen LogP contribution is 2.33. The molecule has 0 aliphatic heterocycles. The van der Waals surface area contributed by atoms with E-state index in [1.807, 2.05) is 6.07 Å². The van der Waals surface area contributed by atoms with Crippen molar-refractivity contribution < 1.29 is 22.6 Å². The number of hydrogen-bond acceptors (Lipinski definition) is 5. The van der Waals surface area contributed by atoms with Gasteiger partial charge in [-0.1, -0.05) is 18.2 Å². The Morgan fingerprint density at radius 1 is 0.880 bits per heavy atom. The molecule has 0 saturated heterocycles. The maximum Gasteiger partial charge on any atom is 0.419 e. The van der Waals surface area contributed by atoms with E-state index in [1.54, 1.807) is 43.3 Å². The molecule has 0 amide bonds. The minimum atomic E-state index is -4.51. The fraction of sp³-hybridized carbons (Fsp3) is 0.118. The van der Waals surface area contributed by atoms with Gasteiger partial charge in [0, 0.05) is 18.1 Å². The highest BCUT2D eigenvalue weighted by atomic mass is 19.4. The molecule has 128 valence electrons. The number of rotatable bonds is 4. The second-order valence-electron chi connectivity index (χ2n) is 5.03. The molecule has 3 rings (SSSR count). The number of ether oxygens (including phenoxy) is 2. The van der Waals surface area contributed by atoms with Gasteiger partial charge < -0.3 is 9.47 Å². The van der Waals surface area contributed by atoms with Crippen molar-refractivity contribution in [1.82, 2.24) is 15.0 Å². The van der Waals surface area contributed by atoms with Crippen LogP contribution in [0.1, 0.15) is 11.3 Å². The quantitative estimate of drug-likeness (QED) is 0.679. The second kappa shape index (κ2) is 6.76. The zero-order chi connectivity index (χ0) is 17.9. The molecule has 0 aliphatic rings. The normalized spacial score (nSPS) is 11.2. The van der Waals surface area contributed by atoms with Crippen LogP contribution in [0.5, 0.6) is 23.4 Å². The maximum atomic E-state index is 12.6. The summed E-state index contributed by atoms with van der Waals surface area (Å²) in [5, 5.41) is 0. The van der Waals surface area contributed by atoms with Crippen molar-refractivity contribution in [1.29, 1.82) is 0 Å². The van der Waals surface area contributed by atoms with E-state index in [0.717, 1.165) is 0 Å². The van der Waals surface area contributed by atoms with Crippen LogP contribution in [-0.2, 0) is 6.18 Å². The summed E-state index contributed by atoms with van der Waals surface area (Å²) in [5.41, 5.74) is -0.319. The van der Waals surface area contributed by atoms with Crippen LogP contribution >= 0.6 is 0 Å². The third-order valence-electron chi connectivity index (χ3n) is 3.08. The maximum absolute atomic E-state index is 12.6. The standard InChI is InChI=1S/C17H12F3N3O2/c1-11-7-8-14(24-13-5-3-2-4-6-13)15(23-11)25-16-21-9-12(10-22-16)17(18,19)20/h2-10H,1H3. The first kappa shape index (κ1) is 16.7. The van der Waals surface area contributed by atoms with Crippen molar-refractivity contribution >= 4 is 0 Å². The van der Waals surface area contributed by atoms with Gasteiger partial charge in [0.1, 0.15) is 5.75 Å². The molecular formula is C17H12F3N3O2. The summed E-state index contributed by atoms with van der Waals surface area (Å²) in [5.74, 6) is 0.912. The summed E-state index contributed by atoms with van der Waals surface area (Å²) in [4.78, 5) is 11.3. The number of hydrogen-bond donors (Lipinski definition) is 0. The number of pyridine rings is 1. The summed E-state index contributed by atoms with van der Waals surface area (Å²) < 4.78 is 48.8. The molecule has 3 aromatic rings. The Hall–Kier alpha value is -3.16. The summed E-state index contributed by atoms with van der Waals surface area (Å²) in [6.45, 7) is 1.74. The lowest BCUT2D eigenvalue weighted by molar-refractivity contribution is -0.138. The Bertz CT molecular complexity index is 853. The molecule has 0 saturated carbocycles. The first-order valence-corrected chi connectivity index (χ1v) is 7.19. The molecular weight excluding hydrogens is 335 g/mol. The van der Waals surface area contributed by atoms with Crippen LogP contribution in [0.25, 0.3) is 0 Å². The number of aromatic nitrogens is 3. The minimum absolute atomic E-state index is 0.0589. The SMILES string of the molecule is Cc1ccc(Oc2ccccc2)c(Oc2ncc(C(F)(F)F)cn2)n1. The predicted molar refractivity (Wildman–Crippen MR) is 82.6 cm³/mol. The van der Waals surface area contributed by atoms with Crippen LogP contribution in [0.4, 0.5) is 13.2 Å². The minimum Gasteiger partial charge on any atom is -0.452 e. The molecule has 8 heteroatoms. The van der Waals surface area contributed by atoms with E-state index in [-0.39, 0.29) is 11.9 Å². The van der Waals surface area contributed by atoms with E-state index in [0.29, 0.717) is 29.6 Å². The first-order valence-electron chi connectivity index (χ1n) is 7.19. The van der Waals surface area contributed by atoms with Crippen molar-refractivity contribution in [3.05, 3.63) is 66.1 Å². The monoisotopic (exact) mass is 347 g/mol. The second-order valence-corrected chi connectivity index (χ2v) is 5.03. The number of halogens is 3. The lowest BCUT2D eigenvalue weighted by Crippen LogP contribution is -2.07. The topological polar surface area (TPSA) is 57.1 Å². The Kier molecular flexibility index (Phi) is 4.51. The molecule has 25 heavy (non-hydrogen) atoms. The lowest BCUT2D eigenvalue weighted by atomic mass is 10.3.